The number of rotatable bonds is 3. The second kappa shape index (κ2) is 4.29. The molecule has 0 saturated carbocycles. The molecule has 0 aromatic carbocycles. The molecule has 2 rings (SSSR count). The topological polar surface area (TPSA) is 48.1 Å². The van der Waals surface area contributed by atoms with Crippen LogP contribution in [0, 0.1) is 0 Å². The molecule has 0 radical (unpaired) electrons. The Labute approximate surface area is 90.7 Å². The molecule has 3 heteroatoms. The van der Waals surface area contributed by atoms with E-state index in [-0.39, 0.29) is 11.6 Å². The van der Waals surface area contributed by atoms with E-state index in [1.54, 1.807) is 6.20 Å². The van der Waals surface area contributed by atoms with Gasteiger partial charge >= 0.3 is 0 Å². The van der Waals surface area contributed by atoms with Crippen LogP contribution in [-0.2, 0) is 11.2 Å². The third-order valence-corrected chi connectivity index (χ3v) is 3.19. The Bertz CT molecular complexity index is 307. The SMILES string of the molecule is CC1(C(N)Cc2ccccn2)CCCO1. The van der Waals surface area contributed by atoms with Crippen molar-refractivity contribution < 1.29 is 4.74 Å². The summed E-state index contributed by atoms with van der Waals surface area (Å²) >= 11 is 0. The van der Waals surface area contributed by atoms with Crippen molar-refractivity contribution in [3.8, 4) is 0 Å². The van der Waals surface area contributed by atoms with Crippen molar-refractivity contribution in [2.24, 2.45) is 5.73 Å². The highest BCUT2D eigenvalue weighted by Gasteiger charge is 2.36. The Morgan fingerprint density at radius 2 is 2.47 bits per heavy atom. The van der Waals surface area contributed by atoms with Crippen LogP contribution in [0.25, 0.3) is 0 Å². The molecule has 1 aliphatic rings. The van der Waals surface area contributed by atoms with Gasteiger partial charge in [0.25, 0.3) is 0 Å². The van der Waals surface area contributed by atoms with Gasteiger partial charge in [-0.2, -0.15) is 0 Å². The molecule has 0 aliphatic carbocycles. The molecule has 2 atom stereocenters. The van der Waals surface area contributed by atoms with Gasteiger partial charge in [-0.15, -0.1) is 0 Å². The lowest BCUT2D eigenvalue weighted by molar-refractivity contribution is -0.00112. The molecule has 1 saturated heterocycles. The van der Waals surface area contributed by atoms with Crippen molar-refractivity contribution >= 4 is 0 Å². The Hall–Kier alpha value is -0.930. The maximum Gasteiger partial charge on any atom is 0.0809 e. The van der Waals surface area contributed by atoms with E-state index in [2.05, 4.69) is 11.9 Å². The first-order chi connectivity index (χ1) is 7.21. The highest BCUT2D eigenvalue weighted by molar-refractivity contribution is 5.07. The molecule has 0 bridgehead atoms. The van der Waals surface area contributed by atoms with Gasteiger partial charge < -0.3 is 10.5 Å². The predicted octanol–water partition coefficient (Wildman–Crippen LogP) is 1.52. The van der Waals surface area contributed by atoms with Crippen molar-refractivity contribution in [2.45, 2.75) is 37.8 Å². The summed E-state index contributed by atoms with van der Waals surface area (Å²) in [7, 11) is 0. The summed E-state index contributed by atoms with van der Waals surface area (Å²) in [6.45, 7) is 2.94. The third-order valence-electron chi connectivity index (χ3n) is 3.19. The summed E-state index contributed by atoms with van der Waals surface area (Å²) in [4.78, 5) is 4.29. The molecule has 1 aliphatic heterocycles. The average Bonchev–Trinajstić information content (AvgIpc) is 2.68. The van der Waals surface area contributed by atoms with Crippen molar-refractivity contribution in [3.05, 3.63) is 30.1 Å². The van der Waals surface area contributed by atoms with Crippen LogP contribution in [0.15, 0.2) is 24.4 Å². The van der Waals surface area contributed by atoms with Crippen LogP contribution in [0.3, 0.4) is 0 Å². The minimum Gasteiger partial charge on any atom is -0.374 e. The first-order valence-electron chi connectivity index (χ1n) is 5.50. The molecule has 15 heavy (non-hydrogen) atoms. The van der Waals surface area contributed by atoms with Crippen LogP contribution in [0.4, 0.5) is 0 Å². The normalized spacial score (nSPS) is 27.9. The first kappa shape index (κ1) is 10.6. The third kappa shape index (κ3) is 2.36. The Morgan fingerprint density at radius 3 is 3.07 bits per heavy atom. The van der Waals surface area contributed by atoms with Crippen LogP contribution in [0.5, 0.6) is 0 Å². The highest BCUT2D eigenvalue weighted by Crippen LogP contribution is 2.28. The van der Waals surface area contributed by atoms with Crippen LogP contribution < -0.4 is 5.73 Å². The number of ether oxygens (including phenoxy) is 1. The van der Waals surface area contributed by atoms with Crippen molar-refractivity contribution in [1.29, 1.82) is 0 Å². The molecule has 82 valence electrons. The van der Waals surface area contributed by atoms with Crippen LogP contribution in [0.2, 0.25) is 0 Å². The molecule has 0 amide bonds. The Kier molecular flexibility index (Phi) is 3.03. The molecule has 3 nitrogen and oxygen atoms in total. The minimum atomic E-state index is -0.155. The lowest BCUT2D eigenvalue weighted by atomic mass is 9.90. The summed E-state index contributed by atoms with van der Waals surface area (Å²) in [5, 5.41) is 0. The molecule has 0 spiro atoms. The number of nitrogens with two attached hydrogens (primary N) is 1. The van der Waals surface area contributed by atoms with Gasteiger partial charge in [-0.1, -0.05) is 6.07 Å². The van der Waals surface area contributed by atoms with Crippen molar-refractivity contribution in [2.75, 3.05) is 6.61 Å². The highest BCUT2D eigenvalue weighted by atomic mass is 16.5. The van der Waals surface area contributed by atoms with Crippen LogP contribution in [0.1, 0.15) is 25.5 Å². The van der Waals surface area contributed by atoms with E-state index in [0.29, 0.717) is 0 Å². The minimum absolute atomic E-state index is 0.0369. The molecule has 1 aromatic heterocycles. The molecule has 2 unspecified atom stereocenters. The van der Waals surface area contributed by atoms with Gasteiger partial charge in [0.1, 0.15) is 0 Å². The predicted molar refractivity (Wildman–Crippen MR) is 59.5 cm³/mol. The van der Waals surface area contributed by atoms with E-state index in [4.69, 9.17) is 10.5 Å². The van der Waals surface area contributed by atoms with Crippen molar-refractivity contribution in [1.82, 2.24) is 4.98 Å². The van der Waals surface area contributed by atoms with Gasteiger partial charge in [0.2, 0.25) is 0 Å². The standard InChI is InChI=1S/C12H18N2O/c1-12(6-4-8-15-12)11(13)9-10-5-2-3-7-14-10/h2-3,5,7,11H,4,6,8-9,13H2,1H3. The molecular formula is C12H18N2O. The monoisotopic (exact) mass is 206 g/mol. The molecule has 2 N–H and O–H groups in total. The Balaban J connectivity index is 2.00. The molecule has 2 heterocycles. The summed E-state index contributed by atoms with van der Waals surface area (Å²) in [5.74, 6) is 0. The van der Waals surface area contributed by atoms with E-state index in [9.17, 15) is 0 Å². The largest absolute Gasteiger partial charge is 0.374 e. The van der Waals surface area contributed by atoms with Gasteiger partial charge in [0.05, 0.1) is 5.60 Å². The van der Waals surface area contributed by atoms with E-state index in [1.165, 1.54) is 0 Å². The van der Waals surface area contributed by atoms with Gasteiger partial charge in [-0.05, 0) is 31.9 Å². The van der Waals surface area contributed by atoms with Gasteiger partial charge in [-0.25, -0.2) is 0 Å². The van der Waals surface area contributed by atoms with E-state index in [0.717, 1.165) is 31.6 Å². The number of hydrogen-bond donors (Lipinski definition) is 1. The van der Waals surface area contributed by atoms with Gasteiger partial charge in [0, 0.05) is 31.0 Å². The van der Waals surface area contributed by atoms with E-state index in [1.807, 2.05) is 18.2 Å². The maximum absolute atomic E-state index is 6.18. The zero-order valence-electron chi connectivity index (χ0n) is 9.15. The second-order valence-electron chi connectivity index (χ2n) is 4.40. The van der Waals surface area contributed by atoms with E-state index < -0.39 is 0 Å². The number of hydrogen-bond acceptors (Lipinski definition) is 3. The molecule has 1 fully saturated rings. The fraction of sp³-hybridized carbons (Fsp3) is 0.583. The summed E-state index contributed by atoms with van der Waals surface area (Å²) in [5.41, 5.74) is 7.07. The maximum atomic E-state index is 6.18. The number of pyridine rings is 1. The van der Waals surface area contributed by atoms with Gasteiger partial charge in [-0.3, -0.25) is 4.98 Å². The lowest BCUT2D eigenvalue weighted by Crippen LogP contribution is -2.46. The molecular weight excluding hydrogens is 188 g/mol. The zero-order valence-corrected chi connectivity index (χ0v) is 9.15. The summed E-state index contributed by atoms with van der Waals surface area (Å²) in [6, 6.07) is 5.96. The summed E-state index contributed by atoms with van der Waals surface area (Å²) in [6.07, 6.45) is 4.77. The second-order valence-corrected chi connectivity index (χ2v) is 4.40. The van der Waals surface area contributed by atoms with Crippen LogP contribution in [-0.4, -0.2) is 23.2 Å². The fourth-order valence-corrected chi connectivity index (χ4v) is 2.05. The molecule has 1 aromatic rings. The number of aromatic nitrogens is 1. The number of nitrogens with zero attached hydrogens (tertiary/aromatic N) is 1. The zero-order chi connectivity index (χ0) is 10.7. The summed E-state index contributed by atoms with van der Waals surface area (Å²) < 4.78 is 5.72. The quantitative estimate of drug-likeness (QED) is 0.815. The lowest BCUT2D eigenvalue weighted by Gasteiger charge is -2.30. The van der Waals surface area contributed by atoms with E-state index >= 15 is 0 Å². The Morgan fingerprint density at radius 1 is 1.60 bits per heavy atom. The first-order valence-corrected chi connectivity index (χ1v) is 5.50. The fourth-order valence-electron chi connectivity index (χ4n) is 2.05. The average molecular weight is 206 g/mol. The van der Waals surface area contributed by atoms with Crippen LogP contribution >= 0.6 is 0 Å². The van der Waals surface area contributed by atoms with Crippen molar-refractivity contribution in [3.63, 3.8) is 0 Å². The van der Waals surface area contributed by atoms with Gasteiger partial charge in [0.15, 0.2) is 0 Å². The smallest absolute Gasteiger partial charge is 0.0809 e.